The Morgan fingerprint density at radius 3 is 2.28 bits per heavy atom. The van der Waals surface area contributed by atoms with Crippen LogP contribution in [0, 0.1) is 0 Å². The smallest absolute Gasteiger partial charge is 0.264 e. The first-order valence-corrected chi connectivity index (χ1v) is 11.5. The molecule has 3 aromatic carbocycles. The highest BCUT2D eigenvalue weighted by atomic mass is 32.2. The summed E-state index contributed by atoms with van der Waals surface area (Å²) in [5.74, 6) is 0.258. The molecule has 1 amide bonds. The van der Waals surface area contributed by atoms with Crippen molar-refractivity contribution in [3.05, 3.63) is 78.4 Å². The van der Waals surface area contributed by atoms with E-state index in [0.29, 0.717) is 17.2 Å². The molecule has 8 heteroatoms. The van der Waals surface area contributed by atoms with Gasteiger partial charge < -0.3 is 14.8 Å². The van der Waals surface area contributed by atoms with Gasteiger partial charge in [-0.05, 0) is 42.3 Å². The van der Waals surface area contributed by atoms with Crippen LogP contribution in [0.15, 0.2) is 77.7 Å². The van der Waals surface area contributed by atoms with E-state index < -0.39 is 22.5 Å². The normalized spacial score (nSPS) is 11.0. The molecule has 0 aliphatic rings. The number of methoxy groups -OCH3 is 2. The highest BCUT2D eigenvalue weighted by Crippen LogP contribution is 2.35. The summed E-state index contributed by atoms with van der Waals surface area (Å²) < 4.78 is 38.8. The van der Waals surface area contributed by atoms with Crippen molar-refractivity contribution in [3.8, 4) is 11.5 Å². The van der Waals surface area contributed by atoms with Crippen molar-refractivity contribution >= 4 is 27.3 Å². The largest absolute Gasteiger partial charge is 0.497 e. The van der Waals surface area contributed by atoms with Gasteiger partial charge in [0, 0.05) is 11.8 Å². The molecular formula is C24H26N2O5S. The Labute approximate surface area is 188 Å². The molecular weight excluding hydrogens is 428 g/mol. The van der Waals surface area contributed by atoms with E-state index in [4.69, 9.17) is 9.47 Å². The van der Waals surface area contributed by atoms with Crippen molar-refractivity contribution in [2.45, 2.75) is 18.2 Å². The van der Waals surface area contributed by atoms with Crippen LogP contribution in [0.5, 0.6) is 11.5 Å². The molecule has 32 heavy (non-hydrogen) atoms. The number of rotatable bonds is 9. The zero-order chi connectivity index (χ0) is 23.1. The average molecular weight is 455 g/mol. The molecule has 0 atom stereocenters. The number of nitrogens with zero attached hydrogens (tertiary/aromatic N) is 1. The molecule has 0 fully saturated rings. The molecule has 0 saturated carbocycles. The predicted octanol–water partition coefficient (Wildman–Crippen LogP) is 4.10. The van der Waals surface area contributed by atoms with Crippen molar-refractivity contribution in [2.75, 3.05) is 30.4 Å². The number of ether oxygens (including phenoxy) is 2. The number of carbonyl (C=O) groups is 1. The molecule has 0 aromatic heterocycles. The fourth-order valence-electron chi connectivity index (χ4n) is 3.28. The van der Waals surface area contributed by atoms with Gasteiger partial charge in [-0.1, -0.05) is 43.3 Å². The Balaban J connectivity index is 2.05. The topological polar surface area (TPSA) is 84.9 Å². The number of amides is 1. The average Bonchev–Trinajstić information content (AvgIpc) is 2.83. The van der Waals surface area contributed by atoms with Gasteiger partial charge in [-0.15, -0.1) is 0 Å². The molecule has 0 aliphatic carbocycles. The monoisotopic (exact) mass is 454 g/mol. The quantitative estimate of drug-likeness (QED) is 0.526. The van der Waals surface area contributed by atoms with E-state index in [1.54, 1.807) is 36.4 Å². The molecule has 0 bridgehead atoms. The molecule has 0 heterocycles. The van der Waals surface area contributed by atoms with Crippen LogP contribution in [0.4, 0.5) is 11.4 Å². The molecule has 0 saturated heterocycles. The minimum atomic E-state index is -4.08. The number of hydrogen-bond acceptors (Lipinski definition) is 5. The van der Waals surface area contributed by atoms with Crippen molar-refractivity contribution in [1.82, 2.24) is 0 Å². The van der Waals surface area contributed by atoms with Gasteiger partial charge in [0.1, 0.15) is 18.0 Å². The van der Waals surface area contributed by atoms with E-state index in [0.717, 1.165) is 16.3 Å². The summed E-state index contributed by atoms with van der Waals surface area (Å²) in [4.78, 5) is 13.1. The van der Waals surface area contributed by atoms with E-state index in [-0.39, 0.29) is 10.6 Å². The lowest BCUT2D eigenvalue weighted by atomic mass is 10.1. The SMILES string of the molecule is CCc1ccccc1NC(=O)CN(c1cc(OC)ccc1OC)S(=O)(=O)c1ccccc1. The van der Waals surface area contributed by atoms with Crippen LogP contribution in [-0.2, 0) is 21.2 Å². The second kappa shape index (κ2) is 10.2. The summed E-state index contributed by atoms with van der Waals surface area (Å²) in [6, 6.07) is 20.2. The molecule has 3 rings (SSSR count). The maximum Gasteiger partial charge on any atom is 0.264 e. The first-order valence-electron chi connectivity index (χ1n) is 10.1. The number of aryl methyl sites for hydroxylation is 1. The Kier molecular flexibility index (Phi) is 7.37. The minimum absolute atomic E-state index is 0.0617. The van der Waals surface area contributed by atoms with Crippen molar-refractivity contribution in [3.63, 3.8) is 0 Å². The summed E-state index contributed by atoms with van der Waals surface area (Å²) in [6.07, 6.45) is 0.728. The van der Waals surface area contributed by atoms with Gasteiger partial charge in [0.05, 0.1) is 24.8 Å². The van der Waals surface area contributed by atoms with E-state index in [1.807, 2.05) is 25.1 Å². The van der Waals surface area contributed by atoms with Crippen LogP contribution >= 0.6 is 0 Å². The van der Waals surface area contributed by atoms with Gasteiger partial charge in [0.2, 0.25) is 5.91 Å². The third kappa shape index (κ3) is 5.03. The Morgan fingerprint density at radius 2 is 1.62 bits per heavy atom. The second-order valence-electron chi connectivity index (χ2n) is 6.92. The summed E-state index contributed by atoms with van der Waals surface area (Å²) in [7, 11) is -1.15. The molecule has 7 nitrogen and oxygen atoms in total. The van der Waals surface area contributed by atoms with Crippen LogP contribution in [0.2, 0.25) is 0 Å². The fourth-order valence-corrected chi connectivity index (χ4v) is 4.73. The van der Waals surface area contributed by atoms with Crippen LogP contribution in [0.3, 0.4) is 0 Å². The van der Waals surface area contributed by atoms with Crippen LogP contribution in [0.1, 0.15) is 12.5 Å². The standard InChI is InChI=1S/C24H26N2O5S/c1-4-18-10-8-9-13-21(18)25-24(27)17-26(32(28,29)20-11-6-5-7-12-20)22-16-19(30-2)14-15-23(22)31-3/h5-16H,4,17H2,1-3H3,(H,25,27). The number of nitrogens with one attached hydrogen (secondary N) is 1. The van der Waals surface area contributed by atoms with Crippen LogP contribution in [-0.4, -0.2) is 35.1 Å². The van der Waals surface area contributed by atoms with E-state index in [1.165, 1.54) is 32.4 Å². The number of carbonyl (C=O) groups excluding carboxylic acids is 1. The van der Waals surface area contributed by atoms with Crippen molar-refractivity contribution < 1.29 is 22.7 Å². The fraction of sp³-hybridized carbons (Fsp3) is 0.208. The number of benzene rings is 3. The third-order valence-electron chi connectivity index (χ3n) is 4.95. The van der Waals surface area contributed by atoms with Gasteiger partial charge in [-0.3, -0.25) is 9.10 Å². The Bertz CT molecular complexity index is 1180. The first kappa shape index (κ1) is 23.1. The summed E-state index contributed by atoms with van der Waals surface area (Å²) in [5, 5.41) is 2.83. The molecule has 0 unspecified atom stereocenters. The molecule has 0 spiro atoms. The number of anilines is 2. The summed E-state index contributed by atoms with van der Waals surface area (Å²) in [6.45, 7) is 1.54. The van der Waals surface area contributed by atoms with Crippen molar-refractivity contribution in [1.29, 1.82) is 0 Å². The van der Waals surface area contributed by atoms with E-state index in [2.05, 4.69) is 5.32 Å². The molecule has 168 valence electrons. The lowest BCUT2D eigenvalue weighted by molar-refractivity contribution is -0.114. The maximum atomic E-state index is 13.6. The summed E-state index contributed by atoms with van der Waals surface area (Å²) in [5.41, 5.74) is 1.81. The first-order chi connectivity index (χ1) is 15.4. The summed E-state index contributed by atoms with van der Waals surface area (Å²) >= 11 is 0. The highest BCUT2D eigenvalue weighted by Gasteiger charge is 2.30. The zero-order valence-corrected chi connectivity index (χ0v) is 19.1. The maximum absolute atomic E-state index is 13.6. The number of sulfonamides is 1. The van der Waals surface area contributed by atoms with Gasteiger partial charge >= 0.3 is 0 Å². The zero-order valence-electron chi connectivity index (χ0n) is 18.2. The van der Waals surface area contributed by atoms with E-state index in [9.17, 15) is 13.2 Å². The minimum Gasteiger partial charge on any atom is -0.497 e. The van der Waals surface area contributed by atoms with Crippen LogP contribution < -0.4 is 19.1 Å². The number of hydrogen-bond donors (Lipinski definition) is 1. The van der Waals surface area contributed by atoms with Gasteiger partial charge in [0.15, 0.2) is 0 Å². The highest BCUT2D eigenvalue weighted by molar-refractivity contribution is 7.92. The molecule has 0 aliphatic heterocycles. The predicted molar refractivity (Wildman–Crippen MR) is 125 cm³/mol. The lowest BCUT2D eigenvalue weighted by Crippen LogP contribution is -2.38. The Morgan fingerprint density at radius 1 is 0.938 bits per heavy atom. The lowest BCUT2D eigenvalue weighted by Gasteiger charge is -2.26. The third-order valence-corrected chi connectivity index (χ3v) is 6.72. The Hall–Kier alpha value is -3.52. The number of para-hydroxylation sites is 1. The van der Waals surface area contributed by atoms with Gasteiger partial charge in [-0.2, -0.15) is 0 Å². The van der Waals surface area contributed by atoms with Crippen LogP contribution in [0.25, 0.3) is 0 Å². The van der Waals surface area contributed by atoms with Crippen molar-refractivity contribution in [2.24, 2.45) is 0 Å². The molecule has 3 aromatic rings. The van der Waals surface area contributed by atoms with Gasteiger partial charge in [0.25, 0.3) is 10.0 Å². The van der Waals surface area contributed by atoms with Gasteiger partial charge in [-0.25, -0.2) is 8.42 Å². The second-order valence-corrected chi connectivity index (χ2v) is 8.78. The molecule has 0 radical (unpaired) electrons. The van der Waals surface area contributed by atoms with E-state index >= 15 is 0 Å². The molecule has 1 N–H and O–H groups in total.